The van der Waals surface area contributed by atoms with Crippen LogP contribution >= 0.6 is 0 Å². The number of rotatable bonds is 6. The molecule has 0 aliphatic carbocycles. The van der Waals surface area contributed by atoms with Crippen molar-refractivity contribution < 1.29 is 4.74 Å². The zero-order valence-corrected chi connectivity index (χ0v) is 13.8. The number of fused-ring (bicyclic) bond motifs is 1. The van der Waals surface area contributed by atoms with Crippen LogP contribution in [0.1, 0.15) is 53.5 Å². The van der Waals surface area contributed by atoms with Gasteiger partial charge in [0.1, 0.15) is 11.3 Å². The number of anilines is 1. The fourth-order valence-corrected chi connectivity index (χ4v) is 3.07. The highest BCUT2D eigenvalue weighted by Gasteiger charge is 2.21. The van der Waals surface area contributed by atoms with Gasteiger partial charge in [-0.2, -0.15) is 0 Å². The SMILES string of the molecule is CCC(CC)C(C)n1c(N)nc2c(OC(C)C)cccc21. The lowest BCUT2D eigenvalue weighted by atomic mass is 9.95. The Morgan fingerprint density at radius 2 is 1.86 bits per heavy atom. The van der Waals surface area contributed by atoms with Crippen LogP contribution in [-0.2, 0) is 0 Å². The Kier molecular flexibility index (Phi) is 4.76. The smallest absolute Gasteiger partial charge is 0.201 e. The van der Waals surface area contributed by atoms with Crippen molar-refractivity contribution in [2.75, 3.05) is 5.73 Å². The summed E-state index contributed by atoms with van der Waals surface area (Å²) >= 11 is 0. The first-order chi connectivity index (χ1) is 9.99. The molecule has 1 heterocycles. The van der Waals surface area contributed by atoms with E-state index < -0.39 is 0 Å². The highest BCUT2D eigenvalue weighted by atomic mass is 16.5. The monoisotopic (exact) mass is 289 g/mol. The van der Waals surface area contributed by atoms with Gasteiger partial charge in [0.15, 0.2) is 0 Å². The Balaban J connectivity index is 2.53. The first-order valence-electron chi connectivity index (χ1n) is 7.92. The van der Waals surface area contributed by atoms with Gasteiger partial charge >= 0.3 is 0 Å². The van der Waals surface area contributed by atoms with E-state index >= 15 is 0 Å². The van der Waals surface area contributed by atoms with Gasteiger partial charge in [0.05, 0.1) is 11.6 Å². The van der Waals surface area contributed by atoms with E-state index in [0.717, 1.165) is 29.6 Å². The average molecular weight is 289 g/mol. The minimum atomic E-state index is 0.124. The van der Waals surface area contributed by atoms with Crippen LogP contribution in [-0.4, -0.2) is 15.7 Å². The summed E-state index contributed by atoms with van der Waals surface area (Å²) in [5, 5.41) is 0. The van der Waals surface area contributed by atoms with Gasteiger partial charge in [-0.25, -0.2) is 4.98 Å². The van der Waals surface area contributed by atoms with Gasteiger partial charge < -0.3 is 15.0 Å². The molecule has 0 saturated heterocycles. The molecule has 2 N–H and O–H groups in total. The number of para-hydroxylation sites is 1. The largest absolute Gasteiger partial charge is 0.489 e. The number of ether oxygens (including phenoxy) is 1. The third kappa shape index (κ3) is 2.99. The molecule has 0 bridgehead atoms. The number of benzene rings is 1. The fourth-order valence-electron chi connectivity index (χ4n) is 3.07. The Morgan fingerprint density at radius 3 is 2.43 bits per heavy atom. The van der Waals surface area contributed by atoms with Crippen molar-refractivity contribution in [2.24, 2.45) is 5.92 Å². The van der Waals surface area contributed by atoms with Crippen LogP contribution in [0.15, 0.2) is 18.2 Å². The lowest BCUT2D eigenvalue weighted by Gasteiger charge is -2.24. The molecule has 0 fully saturated rings. The third-order valence-corrected chi connectivity index (χ3v) is 4.21. The molecule has 1 atom stereocenters. The predicted octanol–water partition coefficient (Wildman–Crippen LogP) is 4.40. The van der Waals surface area contributed by atoms with Crippen LogP contribution < -0.4 is 10.5 Å². The molecule has 1 aromatic heterocycles. The third-order valence-electron chi connectivity index (χ3n) is 4.21. The second-order valence-corrected chi connectivity index (χ2v) is 5.95. The highest BCUT2D eigenvalue weighted by Crippen LogP contribution is 2.34. The van der Waals surface area contributed by atoms with Crippen LogP contribution in [0.4, 0.5) is 5.95 Å². The maximum absolute atomic E-state index is 6.20. The predicted molar refractivity (Wildman–Crippen MR) is 88.7 cm³/mol. The summed E-state index contributed by atoms with van der Waals surface area (Å²) in [6.45, 7) is 10.7. The number of imidazole rings is 1. The quantitative estimate of drug-likeness (QED) is 0.857. The van der Waals surface area contributed by atoms with Gasteiger partial charge in [-0.3, -0.25) is 0 Å². The van der Waals surface area contributed by atoms with Gasteiger partial charge in [0.25, 0.3) is 0 Å². The lowest BCUT2D eigenvalue weighted by Crippen LogP contribution is -2.17. The van der Waals surface area contributed by atoms with Gasteiger partial charge in [0.2, 0.25) is 5.95 Å². The summed E-state index contributed by atoms with van der Waals surface area (Å²) in [6, 6.07) is 6.38. The number of nitrogens with zero attached hydrogens (tertiary/aromatic N) is 2. The summed E-state index contributed by atoms with van der Waals surface area (Å²) < 4.78 is 8.01. The van der Waals surface area contributed by atoms with Crippen LogP contribution in [0.3, 0.4) is 0 Å². The van der Waals surface area contributed by atoms with Gasteiger partial charge in [-0.1, -0.05) is 32.8 Å². The molecule has 4 nitrogen and oxygen atoms in total. The lowest BCUT2D eigenvalue weighted by molar-refractivity contribution is 0.245. The molecule has 116 valence electrons. The Hall–Kier alpha value is -1.71. The Bertz CT molecular complexity index is 599. The number of nitrogens with two attached hydrogens (primary N) is 1. The van der Waals surface area contributed by atoms with Crippen LogP contribution in [0.25, 0.3) is 11.0 Å². The average Bonchev–Trinajstić information content (AvgIpc) is 2.76. The van der Waals surface area contributed by atoms with Crippen LogP contribution in [0, 0.1) is 5.92 Å². The molecule has 1 unspecified atom stereocenters. The molecule has 0 saturated carbocycles. The number of hydrogen-bond acceptors (Lipinski definition) is 3. The number of nitrogen functional groups attached to an aromatic ring is 1. The van der Waals surface area contributed by atoms with Crippen molar-refractivity contribution in [2.45, 2.75) is 59.6 Å². The Morgan fingerprint density at radius 1 is 1.19 bits per heavy atom. The molecule has 0 aliphatic rings. The molecule has 0 aliphatic heterocycles. The first kappa shape index (κ1) is 15.7. The van der Waals surface area contributed by atoms with E-state index in [4.69, 9.17) is 10.5 Å². The van der Waals surface area contributed by atoms with E-state index in [0.29, 0.717) is 17.9 Å². The standard InChI is InChI=1S/C17H27N3O/c1-6-13(7-2)12(5)20-14-9-8-10-15(21-11(3)4)16(14)19-17(20)18/h8-13H,6-7H2,1-5H3,(H2,18,19). The van der Waals surface area contributed by atoms with Gasteiger partial charge in [-0.05, 0) is 38.8 Å². The normalized spacial score (nSPS) is 13.3. The van der Waals surface area contributed by atoms with E-state index in [1.807, 2.05) is 26.0 Å². The van der Waals surface area contributed by atoms with E-state index in [9.17, 15) is 0 Å². The van der Waals surface area contributed by atoms with Gasteiger partial charge in [0, 0.05) is 6.04 Å². The molecule has 0 radical (unpaired) electrons. The summed E-state index contributed by atoms with van der Waals surface area (Å²) in [5.74, 6) is 1.98. The second kappa shape index (κ2) is 6.37. The van der Waals surface area contributed by atoms with Crippen molar-refractivity contribution >= 4 is 17.0 Å². The topological polar surface area (TPSA) is 53.1 Å². The molecule has 0 spiro atoms. The fraction of sp³-hybridized carbons (Fsp3) is 0.588. The molecular weight excluding hydrogens is 262 g/mol. The molecule has 0 amide bonds. The summed E-state index contributed by atoms with van der Waals surface area (Å²) in [5.41, 5.74) is 8.12. The van der Waals surface area contributed by atoms with Crippen LogP contribution in [0.5, 0.6) is 5.75 Å². The van der Waals surface area contributed by atoms with E-state index in [1.165, 1.54) is 0 Å². The van der Waals surface area contributed by atoms with E-state index in [1.54, 1.807) is 0 Å². The molecule has 2 aromatic rings. The highest BCUT2D eigenvalue weighted by molar-refractivity contribution is 5.84. The van der Waals surface area contributed by atoms with Crippen molar-refractivity contribution in [1.29, 1.82) is 0 Å². The van der Waals surface area contributed by atoms with E-state index in [2.05, 4.69) is 36.4 Å². The maximum atomic E-state index is 6.20. The van der Waals surface area contributed by atoms with Crippen LogP contribution in [0.2, 0.25) is 0 Å². The number of hydrogen-bond donors (Lipinski definition) is 1. The summed E-state index contributed by atoms with van der Waals surface area (Å²) in [7, 11) is 0. The molecule has 1 aromatic carbocycles. The maximum Gasteiger partial charge on any atom is 0.201 e. The molecule has 21 heavy (non-hydrogen) atoms. The number of aromatic nitrogens is 2. The second-order valence-electron chi connectivity index (χ2n) is 5.95. The molecular formula is C17H27N3O. The Labute approximate surface area is 127 Å². The minimum Gasteiger partial charge on any atom is -0.489 e. The van der Waals surface area contributed by atoms with Gasteiger partial charge in [-0.15, -0.1) is 0 Å². The minimum absolute atomic E-state index is 0.124. The zero-order chi connectivity index (χ0) is 15.6. The van der Waals surface area contributed by atoms with Crippen molar-refractivity contribution in [1.82, 2.24) is 9.55 Å². The molecule has 2 rings (SSSR count). The summed E-state index contributed by atoms with van der Waals surface area (Å²) in [4.78, 5) is 4.55. The van der Waals surface area contributed by atoms with Crippen molar-refractivity contribution in [3.05, 3.63) is 18.2 Å². The zero-order valence-electron chi connectivity index (χ0n) is 13.8. The first-order valence-corrected chi connectivity index (χ1v) is 7.92. The summed E-state index contributed by atoms with van der Waals surface area (Å²) in [6.07, 6.45) is 2.40. The molecule has 4 heteroatoms. The van der Waals surface area contributed by atoms with Crippen molar-refractivity contribution in [3.63, 3.8) is 0 Å². The van der Waals surface area contributed by atoms with Crippen molar-refractivity contribution in [3.8, 4) is 5.75 Å². The van der Waals surface area contributed by atoms with E-state index in [-0.39, 0.29) is 6.10 Å².